The zero-order valence-corrected chi connectivity index (χ0v) is 13.6. The first-order valence-corrected chi connectivity index (χ1v) is 8.09. The van der Waals surface area contributed by atoms with E-state index in [-0.39, 0.29) is 11.4 Å². The minimum absolute atomic E-state index is 0.157. The van der Waals surface area contributed by atoms with Gasteiger partial charge in [0.2, 0.25) is 11.7 Å². The molecule has 0 bridgehead atoms. The first-order valence-electron chi connectivity index (χ1n) is 8.09. The van der Waals surface area contributed by atoms with Crippen molar-refractivity contribution in [1.82, 2.24) is 4.98 Å². The summed E-state index contributed by atoms with van der Waals surface area (Å²) in [5.41, 5.74) is 3.56. The van der Waals surface area contributed by atoms with Crippen LogP contribution < -0.4 is 4.74 Å². The molecule has 3 aromatic rings. The summed E-state index contributed by atoms with van der Waals surface area (Å²) in [6, 6.07) is 15.3. The van der Waals surface area contributed by atoms with Gasteiger partial charge in [0.15, 0.2) is 12.2 Å². The molecule has 5 nitrogen and oxygen atoms in total. The number of Topliss-reactive ketones (excluding diaryl/α,β-unsaturated/α-hetero) is 1. The largest absolute Gasteiger partial charge is 0.468 e. The highest BCUT2D eigenvalue weighted by atomic mass is 16.5. The van der Waals surface area contributed by atoms with Crippen molar-refractivity contribution in [3.05, 3.63) is 59.7 Å². The molecule has 25 heavy (non-hydrogen) atoms. The van der Waals surface area contributed by atoms with Gasteiger partial charge in [0.05, 0.1) is 17.7 Å². The molecule has 0 spiro atoms. The lowest BCUT2D eigenvalue weighted by atomic mass is 9.89. The van der Waals surface area contributed by atoms with Crippen LogP contribution in [0.1, 0.15) is 15.9 Å². The van der Waals surface area contributed by atoms with Gasteiger partial charge in [0, 0.05) is 10.9 Å². The number of aromatic nitrogens is 1. The van der Waals surface area contributed by atoms with Crippen LogP contribution in [0.4, 0.5) is 0 Å². The Hall–Kier alpha value is -2.76. The van der Waals surface area contributed by atoms with Crippen LogP contribution >= 0.6 is 0 Å². The number of carbonyl (C=O) groups is 1. The zero-order valence-electron chi connectivity index (χ0n) is 13.6. The Balaban J connectivity index is 2.10. The normalized spacial score (nSPS) is 19.6. The molecule has 1 aromatic heterocycles. The fraction of sp³-hybridized carbons (Fsp3) is 0.200. The number of aliphatic hydroxyl groups is 2. The topological polar surface area (TPSA) is 79.7 Å². The third-order valence-electron chi connectivity index (χ3n) is 4.48. The lowest BCUT2D eigenvalue weighted by Crippen LogP contribution is -2.45. The van der Waals surface area contributed by atoms with Gasteiger partial charge in [-0.3, -0.25) is 4.79 Å². The predicted octanol–water partition coefficient (Wildman–Crippen LogP) is 2.51. The van der Waals surface area contributed by atoms with E-state index in [0.29, 0.717) is 11.1 Å². The number of rotatable bonds is 2. The molecule has 0 saturated carbocycles. The summed E-state index contributed by atoms with van der Waals surface area (Å²) in [5.74, 6) is -0.320. The number of hydrogen-bond donors (Lipinski definition) is 2. The molecule has 2 aromatic carbocycles. The second kappa shape index (κ2) is 5.95. The molecule has 0 radical (unpaired) electrons. The minimum Gasteiger partial charge on any atom is -0.468 e. The highest BCUT2D eigenvalue weighted by Crippen LogP contribution is 2.39. The van der Waals surface area contributed by atoms with Crippen LogP contribution in [0, 0.1) is 6.92 Å². The average Bonchev–Trinajstić information content (AvgIpc) is 2.64. The molecule has 0 unspecified atom stereocenters. The molecule has 0 amide bonds. The molecular formula is C20H17NO4. The van der Waals surface area contributed by atoms with Gasteiger partial charge in [0.1, 0.15) is 0 Å². The summed E-state index contributed by atoms with van der Waals surface area (Å²) >= 11 is 0. The van der Waals surface area contributed by atoms with Crippen LogP contribution in [0.25, 0.3) is 22.0 Å². The molecule has 0 aliphatic carbocycles. The fourth-order valence-electron chi connectivity index (χ4n) is 3.23. The van der Waals surface area contributed by atoms with Crippen molar-refractivity contribution in [3.8, 4) is 17.0 Å². The number of aryl methyl sites for hydroxylation is 1. The van der Waals surface area contributed by atoms with Gasteiger partial charge in [-0.1, -0.05) is 42.0 Å². The number of ketones is 1. The third-order valence-corrected chi connectivity index (χ3v) is 4.48. The van der Waals surface area contributed by atoms with E-state index in [0.717, 1.165) is 16.5 Å². The van der Waals surface area contributed by atoms with Crippen LogP contribution in [0.3, 0.4) is 0 Å². The summed E-state index contributed by atoms with van der Waals surface area (Å²) in [6.45, 7) is 1.52. The highest BCUT2D eigenvalue weighted by Gasteiger charge is 2.39. The van der Waals surface area contributed by atoms with Crippen molar-refractivity contribution in [2.75, 3.05) is 6.61 Å². The minimum atomic E-state index is -1.41. The SMILES string of the molecule is Cc1ccc2nc3c(c(-c4ccccc4)c2c1)C(=O)[C@H](O)[C@@H](CO)O3. The van der Waals surface area contributed by atoms with E-state index in [2.05, 4.69) is 4.98 Å². The van der Waals surface area contributed by atoms with Gasteiger partial charge in [-0.15, -0.1) is 0 Å². The first-order chi connectivity index (χ1) is 12.1. The van der Waals surface area contributed by atoms with Crippen molar-refractivity contribution in [3.63, 3.8) is 0 Å². The molecule has 2 N–H and O–H groups in total. The predicted molar refractivity (Wildman–Crippen MR) is 93.8 cm³/mol. The van der Waals surface area contributed by atoms with Crippen LogP contribution in [-0.4, -0.2) is 39.8 Å². The van der Waals surface area contributed by atoms with Crippen LogP contribution in [0.2, 0.25) is 0 Å². The maximum absolute atomic E-state index is 12.8. The molecule has 2 atom stereocenters. The van der Waals surface area contributed by atoms with Crippen molar-refractivity contribution in [2.45, 2.75) is 19.1 Å². The average molecular weight is 335 g/mol. The molecule has 4 rings (SSSR count). The van der Waals surface area contributed by atoms with Crippen LogP contribution in [-0.2, 0) is 0 Å². The van der Waals surface area contributed by atoms with Gasteiger partial charge in [-0.25, -0.2) is 4.98 Å². The van der Waals surface area contributed by atoms with Gasteiger partial charge in [-0.05, 0) is 24.6 Å². The molecule has 0 fully saturated rings. The van der Waals surface area contributed by atoms with E-state index >= 15 is 0 Å². The first kappa shape index (κ1) is 15.7. The summed E-state index contributed by atoms with van der Waals surface area (Å²) in [7, 11) is 0. The quantitative estimate of drug-likeness (QED) is 0.752. The second-order valence-electron chi connectivity index (χ2n) is 6.20. The third kappa shape index (κ3) is 2.49. The summed E-state index contributed by atoms with van der Waals surface area (Å²) < 4.78 is 5.63. The summed E-state index contributed by atoms with van der Waals surface area (Å²) in [5, 5.41) is 20.4. The van der Waals surface area contributed by atoms with Gasteiger partial charge in [0.25, 0.3) is 0 Å². The fourth-order valence-corrected chi connectivity index (χ4v) is 3.23. The summed E-state index contributed by atoms with van der Waals surface area (Å²) in [4.78, 5) is 17.3. The van der Waals surface area contributed by atoms with Crippen LogP contribution in [0.5, 0.6) is 5.88 Å². The van der Waals surface area contributed by atoms with Crippen molar-refractivity contribution < 1.29 is 19.7 Å². The van der Waals surface area contributed by atoms with E-state index in [4.69, 9.17) is 4.74 Å². The molecular weight excluding hydrogens is 318 g/mol. The number of hydrogen-bond acceptors (Lipinski definition) is 5. The Bertz CT molecular complexity index is 968. The maximum Gasteiger partial charge on any atom is 0.226 e. The van der Waals surface area contributed by atoms with E-state index < -0.39 is 24.6 Å². The highest BCUT2D eigenvalue weighted by molar-refractivity contribution is 6.13. The summed E-state index contributed by atoms with van der Waals surface area (Å²) in [6.07, 6.45) is -2.41. The Morgan fingerprint density at radius 1 is 1.12 bits per heavy atom. The maximum atomic E-state index is 12.8. The molecule has 0 saturated heterocycles. The number of carbonyl (C=O) groups excluding carboxylic acids is 1. The number of nitrogens with zero attached hydrogens (tertiary/aromatic N) is 1. The number of pyridine rings is 1. The molecule has 126 valence electrons. The Kier molecular flexibility index (Phi) is 3.75. The standard InChI is InChI=1S/C20H17NO4/c1-11-7-8-14-13(9-11)16(12-5-3-2-4-6-12)17-19(24)18(23)15(10-22)25-20(17)21-14/h2-9,15,18,22-23H,10H2,1H3/t15-,18-/m1/s1. The monoisotopic (exact) mass is 335 g/mol. The van der Waals surface area contributed by atoms with E-state index in [1.807, 2.05) is 55.5 Å². The number of benzene rings is 2. The van der Waals surface area contributed by atoms with Gasteiger partial charge in [-0.2, -0.15) is 0 Å². The lowest BCUT2D eigenvalue weighted by molar-refractivity contribution is -0.00282. The van der Waals surface area contributed by atoms with Gasteiger partial charge >= 0.3 is 0 Å². The number of ether oxygens (including phenoxy) is 1. The Labute approximate surface area is 144 Å². The molecule has 1 aliphatic rings. The number of aliphatic hydroxyl groups excluding tert-OH is 2. The second-order valence-corrected chi connectivity index (χ2v) is 6.20. The molecule has 5 heteroatoms. The van der Waals surface area contributed by atoms with Crippen molar-refractivity contribution in [2.24, 2.45) is 0 Å². The van der Waals surface area contributed by atoms with Gasteiger partial charge < -0.3 is 14.9 Å². The van der Waals surface area contributed by atoms with E-state index in [9.17, 15) is 15.0 Å². The number of fused-ring (bicyclic) bond motifs is 2. The van der Waals surface area contributed by atoms with Crippen molar-refractivity contribution in [1.29, 1.82) is 0 Å². The van der Waals surface area contributed by atoms with E-state index in [1.165, 1.54) is 0 Å². The van der Waals surface area contributed by atoms with Crippen LogP contribution in [0.15, 0.2) is 48.5 Å². The molecule has 1 aliphatic heterocycles. The lowest BCUT2D eigenvalue weighted by Gasteiger charge is -2.29. The Morgan fingerprint density at radius 2 is 1.88 bits per heavy atom. The Morgan fingerprint density at radius 3 is 2.60 bits per heavy atom. The van der Waals surface area contributed by atoms with E-state index in [1.54, 1.807) is 0 Å². The zero-order chi connectivity index (χ0) is 17.6. The molecule has 2 heterocycles. The smallest absolute Gasteiger partial charge is 0.226 e. The van der Waals surface area contributed by atoms with Crippen molar-refractivity contribution >= 4 is 16.7 Å².